The summed E-state index contributed by atoms with van der Waals surface area (Å²) in [6.45, 7) is 1.21. The maximum atomic E-state index is 11.8. The number of nitrogens with zero attached hydrogens (tertiary/aromatic N) is 1. The molecule has 130 valence electrons. The van der Waals surface area contributed by atoms with Crippen LogP contribution in [0, 0.1) is 17.0 Å². The van der Waals surface area contributed by atoms with Gasteiger partial charge in [-0.3, -0.25) is 10.1 Å². The third kappa shape index (κ3) is 4.77. The first-order valence-electron chi connectivity index (χ1n) is 7.17. The van der Waals surface area contributed by atoms with Gasteiger partial charge in [-0.25, -0.2) is 9.59 Å². The van der Waals surface area contributed by atoms with Crippen molar-refractivity contribution < 1.29 is 28.7 Å². The monoisotopic (exact) mass is 345 g/mol. The molecule has 0 aromatic heterocycles. The number of carbonyl (C=O) groups excluding carboxylic acids is 2. The van der Waals surface area contributed by atoms with Crippen molar-refractivity contribution in [3.63, 3.8) is 0 Å². The van der Waals surface area contributed by atoms with Crippen molar-refractivity contribution in [1.82, 2.24) is 0 Å². The molecular formula is C17H15NO7. The zero-order valence-electron chi connectivity index (χ0n) is 13.6. The lowest BCUT2D eigenvalue weighted by molar-refractivity contribution is -0.385. The van der Waals surface area contributed by atoms with Crippen molar-refractivity contribution in [2.75, 3.05) is 13.7 Å². The normalized spacial score (nSPS) is 10.0. The molecule has 0 bridgehead atoms. The molecule has 0 N–H and O–H groups in total. The maximum absolute atomic E-state index is 11.8. The Morgan fingerprint density at radius 3 is 2.28 bits per heavy atom. The van der Waals surface area contributed by atoms with Gasteiger partial charge in [0.05, 0.1) is 17.6 Å². The number of ether oxygens (including phenoxy) is 3. The number of hydrogen-bond donors (Lipinski definition) is 0. The summed E-state index contributed by atoms with van der Waals surface area (Å²) in [6, 6.07) is 10.0. The van der Waals surface area contributed by atoms with E-state index in [4.69, 9.17) is 9.47 Å². The lowest BCUT2D eigenvalue weighted by Gasteiger charge is -2.08. The van der Waals surface area contributed by atoms with Gasteiger partial charge in [-0.05, 0) is 43.3 Å². The Labute approximate surface area is 143 Å². The molecule has 8 heteroatoms. The minimum absolute atomic E-state index is 0.0272. The lowest BCUT2D eigenvalue weighted by atomic mass is 10.2. The first-order chi connectivity index (χ1) is 11.9. The van der Waals surface area contributed by atoms with Gasteiger partial charge in [0.15, 0.2) is 6.61 Å². The van der Waals surface area contributed by atoms with Crippen LogP contribution < -0.4 is 9.47 Å². The lowest BCUT2D eigenvalue weighted by Crippen LogP contribution is -2.17. The van der Waals surface area contributed by atoms with E-state index in [0.29, 0.717) is 16.9 Å². The molecule has 25 heavy (non-hydrogen) atoms. The third-order valence-corrected chi connectivity index (χ3v) is 3.23. The predicted octanol–water partition coefficient (Wildman–Crippen LogP) is 2.67. The van der Waals surface area contributed by atoms with E-state index in [1.165, 1.54) is 49.6 Å². The molecule has 0 radical (unpaired) electrons. The van der Waals surface area contributed by atoms with Crippen molar-refractivity contribution in [3.8, 4) is 11.5 Å². The fraction of sp³-hybridized carbons (Fsp3) is 0.176. The number of esters is 2. The molecule has 0 saturated heterocycles. The molecule has 0 fully saturated rings. The van der Waals surface area contributed by atoms with Gasteiger partial charge in [0, 0.05) is 11.6 Å². The quantitative estimate of drug-likeness (QED) is 0.343. The summed E-state index contributed by atoms with van der Waals surface area (Å²) in [7, 11) is 1.27. The van der Waals surface area contributed by atoms with Crippen LogP contribution in [0.1, 0.15) is 15.9 Å². The fourth-order valence-electron chi connectivity index (χ4n) is 2.00. The van der Waals surface area contributed by atoms with E-state index >= 15 is 0 Å². The minimum Gasteiger partial charge on any atom is -0.482 e. The number of rotatable bonds is 6. The Bertz CT molecular complexity index is 799. The van der Waals surface area contributed by atoms with Crippen LogP contribution in [0.3, 0.4) is 0 Å². The van der Waals surface area contributed by atoms with Gasteiger partial charge in [-0.1, -0.05) is 0 Å². The molecule has 0 atom stereocenters. The number of nitro groups is 1. The van der Waals surface area contributed by atoms with Gasteiger partial charge in [-0.15, -0.1) is 0 Å². The SMILES string of the molecule is COC(=O)c1ccc(OC(=O)COc2ccc([N+](=O)[O-])c(C)c2)cc1. The largest absolute Gasteiger partial charge is 0.482 e. The maximum Gasteiger partial charge on any atom is 0.349 e. The van der Waals surface area contributed by atoms with Crippen LogP contribution >= 0.6 is 0 Å². The number of nitro benzene ring substituents is 1. The zero-order valence-corrected chi connectivity index (χ0v) is 13.6. The Morgan fingerprint density at radius 2 is 1.72 bits per heavy atom. The van der Waals surface area contributed by atoms with Crippen molar-refractivity contribution in [3.05, 3.63) is 63.7 Å². The summed E-state index contributed by atoms with van der Waals surface area (Å²) in [4.78, 5) is 33.3. The smallest absolute Gasteiger partial charge is 0.349 e. The van der Waals surface area contributed by atoms with Crippen LogP contribution in [0.2, 0.25) is 0 Å². The van der Waals surface area contributed by atoms with Crippen molar-refractivity contribution in [1.29, 1.82) is 0 Å². The molecule has 8 nitrogen and oxygen atoms in total. The first-order valence-corrected chi connectivity index (χ1v) is 7.17. The number of benzene rings is 2. The van der Waals surface area contributed by atoms with Gasteiger partial charge < -0.3 is 14.2 Å². The molecule has 0 aliphatic carbocycles. The second-order valence-electron chi connectivity index (χ2n) is 4.98. The van der Waals surface area contributed by atoms with Gasteiger partial charge in [0.1, 0.15) is 11.5 Å². The highest BCUT2D eigenvalue weighted by molar-refractivity contribution is 5.89. The van der Waals surface area contributed by atoms with Crippen LogP contribution in [0.15, 0.2) is 42.5 Å². The molecular weight excluding hydrogens is 330 g/mol. The molecule has 0 saturated carbocycles. The van der Waals surface area contributed by atoms with E-state index in [0.717, 1.165) is 0 Å². The predicted molar refractivity (Wildman–Crippen MR) is 86.7 cm³/mol. The van der Waals surface area contributed by atoms with E-state index in [1.807, 2.05) is 0 Å². The summed E-state index contributed by atoms with van der Waals surface area (Å²) in [5.41, 5.74) is 0.731. The number of aryl methyl sites for hydroxylation is 1. The zero-order chi connectivity index (χ0) is 18.4. The van der Waals surface area contributed by atoms with Gasteiger partial charge in [-0.2, -0.15) is 0 Å². The Hall–Kier alpha value is -3.42. The van der Waals surface area contributed by atoms with E-state index < -0.39 is 16.9 Å². The third-order valence-electron chi connectivity index (χ3n) is 3.23. The number of carbonyl (C=O) groups is 2. The fourth-order valence-corrected chi connectivity index (χ4v) is 2.00. The second-order valence-corrected chi connectivity index (χ2v) is 4.98. The van der Waals surface area contributed by atoms with E-state index in [9.17, 15) is 19.7 Å². The van der Waals surface area contributed by atoms with E-state index in [2.05, 4.69) is 4.74 Å². The molecule has 0 aliphatic rings. The van der Waals surface area contributed by atoms with Crippen molar-refractivity contribution >= 4 is 17.6 Å². The Kier molecular flexibility index (Phi) is 5.67. The summed E-state index contributed by atoms with van der Waals surface area (Å²) < 4.78 is 14.9. The summed E-state index contributed by atoms with van der Waals surface area (Å²) >= 11 is 0. The average Bonchev–Trinajstić information content (AvgIpc) is 2.59. The van der Waals surface area contributed by atoms with Crippen LogP contribution in [0.25, 0.3) is 0 Å². The van der Waals surface area contributed by atoms with E-state index in [-0.39, 0.29) is 18.0 Å². The highest BCUT2D eigenvalue weighted by Crippen LogP contribution is 2.23. The molecule has 2 rings (SSSR count). The van der Waals surface area contributed by atoms with E-state index in [1.54, 1.807) is 6.92 Å². The molecule has 0 unspecified atom stereocenters. The van der Waals surface area contributed by atoms with Crippen LogP contribution in [-0.4, -0.2) is 30.6 Å². The first kappa shape index (κ1) is 17.9. The summed E-state index contributed by atoms with van der Waals surface area (Å²) in [5.74, 6) is -0.571. The van der Waals surface area contributed by atoms with Gasteiger partial charge in [0.25, 0.3) is 5.69 Å². The highest BCUT2D eigenvalue weighted by Gasteiger charge is 2.12. The van der Waals surface area contributed by atoms with Crippen molar-refractivity contribution in [2.24, 2.45) is 0 Å². The molecule has 0 spiro atoms. The highest BCUT2D eigenvalue weighted by atomic mass is 16.6. The van der Waals surface area contributed by atoms with Gasteiger partial charge in [0.2, 0.25) is 0 Å². The molecule has 2 aromatic rings. The standard InChI is InChI=1S/C17H15NO7/c1-11-9-14(7-8-15(11)18(21)22)24-10-16(19)25-13-5-3-12(4-6-13)17(20)23-2/h3-9H,10H2,1-2H3. The summed E-state index contributed by atoms with van der Waals surface area (Å²) in [5, 5.41) is 10.7. The molecule has 2 aromatic carbocycles. The topological polar surface area (TPSA) is 105 Å². The Balaban J connectivity index is 1.91. The summed E-state index contributed by atoms with van der Waals surface area (Å²) in [6.07, 6.45) is 0. The molecule has 0 amide bonds. The van der Waals surface area contributed by atoms with Crippen LogP contribution in [0.4, 0.5) is 5.69 Å². The molecule has 0 heterocycles. The average molecular weight is 345 g/mol. The van der Waals surface area contributed by atoms with Crippen molar-refractivity contribution in [2.45, 2.75) is 6.92 Å². The molecule has 0 aliphatic heterocycles. The van der Waals surface area contributed by atoms with Crippen LogP contribution in [0.5, 0.6) is 11.5 Å². The number of methoxy groups -OCH3 is 1. The van der Waals surface area contributed by atoms with Crippen LogP contribution in [-0.2, 0) is 9.53 Å². The number of hydrogen-bond acceptors (Lipinski definition) is 7. The minimum atomic E-state index is -0.651. The Morgan fingerprint density at radius 1 is 1.08 bits per heavy atom. The van der Waals surface area contributed by atoms with Gasteiger partial charge >= 0.3 is 11.9 Å². The second kappa shape index (κ2) is 7.91.